The topological polar surface area (TPSA) is 43.8 Å². The number of imidazole rings is 1. The third-order valence-corrected chi connectivity index (χ3v) is 5.64. The maximum Gasteiger partial charge on any atom is 0.109 e. The highest BCUT2D eigenvalue weighted by molar-refractivity contribution is 5.79. The number of rotatable bonds is 3. The minimum Gasteiger partial charge on any atom is -0.331 e. The van der Waals surface area contributed by atoms with E-state index >= 15 is 0 Å². The maximum absolute atomic E-state index is 5.84. The summed E-state index contributed by atoms with van der Waals surface area (Å²) in [4.78, 5) is 4.91. The molecule has 106 valence electrons. The molecule has 0 saturated heterocycles. The Morgan fingerprint density at radius 2 is 2.20 bits per heavy atom. The van der Waals surface area contributed by atoms with Crippen molar-refractivity contribution in [2.75, 3.05) is 0 Å². The van der Waals surface area contributed by atoms with Gasteiger partial charge in [-0.1, -0.05) is 18.6 Å². The van der Waals surface area contributed by atoms with Crippen molar-refractivity contribution in [3.8, 4) is 0 Å². The summed E-state index contributed by atoms with van der Waals surface area (Å²) in [5.41, 5.74) is 9.34. The highest BCUT2D eigenvalue weighted by atomic mass is 15.1. The molecule has 2 fully saturated rings. The highest BCUT2D eigenvalue weighted by Gasteiger charge is 2.39. The van der Waals surface area contributed by atoms with Gasteiger partial charge in [-0.3, -0.25) is 0 Å². The van der Waals surface area contributed by atoms with Crippen LogP contribution in [0, 0.1) is 17.8 Å². The van der Waals surface area contributed by atoms with E-state index in [9.17, 15) is 0 Å². The molecule has 0 spiro atoms. The molecular weight excluding hydrogens is 246 g/mol. The van der Waals surface area contributed by atoms with Crippen molar-refractivity contribution in [2.24, 2.45) is 30.5 Å². The molecule has 3 heteroatoms. The van der Waals surface area contributed by atoms with Crippen molar-refractivity contribution >= 4 is 11.0 Å². The van der Waals surface area contributed by atoms with Crippen molar-refractivity contribution in [3.05, 3.63) is 29.6 Å². The number of benzene rings is 1. The van der Waals surface area contributed by atoms with E-state index in [1.807, 2.05) is 0 Å². The Labute approximate surface area is 120 Å². The molecule has 3 atom stereocenters. The van der Waals surface area contributed by atoms with Gasteiger partial charge >= 0.3 is 0 Å². The van der Waals surface area contributed by atoms with E-state index in [1.165, 1.54) is 37.0 Å². The molecule has 1 heterocycles. The maximum atomic E-state index is 5.84. The summed E-state index contributed by atoms with van der Waals surface area (Å²) in [6.07, 6.45) is 6.98. The molecule has 2 saturated carbocycles. The zero-order valence-electron chi connectivity index (χ0n) is 12.2. The van der Waals surface area contributed by atoms with E-state index in [2.05, 4.69) is 29.8 Å². The first-order valence-corrected chi connectivity index (χ1v) is 7.89. The van der Waals surface area contributed by atoms with E-state index in [-0.39, 0.29) is 0 Å². The largest absolute Gasteiger partial charge is 0.331 e. The lowest BCUT2D eigenvalue weighted by Gasteiger charge is -2.21. The fourth-order valence-electron chi connectivity index (χ4n) is 4.53. The standard InChI is InChI=1S/C17H23N3/c1-20-15-4-2-3-13(10-18)17(15)19-16(20)9-14-8-11-5-6-12(14)7-11/h2-4,11-12,14H,5-10,18H2,1H3. The predicted octanol–water partition coefficient (Wildman–Crippen LogP) is 3.01. The first-order valence-electron chi connectivity index (χ1n) is 7.89. The fourth-order valence-corrected chi connectivity index (χ4v) is 4.53. The minimum absolute atomic E-state index is 0.571. The Bertz CT molecular complexity index is 643. The van der Waals surface area contributed by atoms with Gasteiger partial charge < -0.3 is 10.3 Å². The van der Waals surface area contributed by atoms with Gasteiger partial charge in [0.05, 0.1) is 11.0 Å². The van der Waals surface area contributed by atoms with Crippen LogP contribution >= 0.6 is 0 Å². The monoisotopic (exact) mass is 269 g/mol. The summed E-state index contributed by atoms with van der Waals surface area (Å²) in [6.45, 7) is 0.571. The molecule has 1 aromatic carbocycles. The van der Waals surface area contributed by atoms with Crippen molar-refractivity contribution in [2.45, 2.75) is 38.6 Å². The van der Waals surface area contributed by atoms with Crippen LogP contribution in [0.1, 0.15) is 37.1 Å². The first kappa shape index (κ1) is 12.4. The van der Waals surface area contributed by atoms with Gasteiger partial charge in [-0.05, 0) is 48.6 Å². The van der Waals surface area contributed by atoms with Crippen molar-refractivity contribution in [3.63, 3.8) is 0 Å². The summed E-state index contributed by atoms with van der Waals surface area (Å²) in [5.74, 6) is 4.09. The molecule has 0 radical (unpaired) electrons. The van der Waals surface area contributed by atoms with Crippen LogP contribution in [0.5, 0.6) is 0 Å². The van der Waals surface area contributed by atoms with Gasteiger partial charge in [0.25, 0.3) is 0 Å². The number of fused-ring (bicyclic) bond motifs is 3. The Balaban J connectivity index is 1.68. The Morgan fingerprint density at radius 3 is 2.90 bits per heavy atom. The molecule has 3 unspecified atom stereocenters. The number of nitrogens with two attached hydrogens (primary N) is 1. The van der Waals surface area contributed by atoms with E-state index < -0.39 is 0 Å². The molecule has 2 bridgehead atoms. The van der Waals surface area contributed by atoms with Crippen LogP contribution in [-0.2, 0) is 20.0 Å². The second-order valence-electron chi connectivity index (χ2n) is 6.72. The number of hydrogen-bond donors (Lipinski definition) is 1. The van der Waals surface area contributed by atoms with Crippen LogP contribution in [0.2, 0.25) is 0 Å². The van der Waals surface area contributed by atoms with Gasteiger partial charge in [-0.25, -0.2) is 4.98 Å². The van der Waals surface area contributed by atoms with E-state index in [0.717, 1.165) is 35.3 Å². The average molecular weight is 269 g/mol. The van der Waals surface area contributed by atoms with Crippen LogP contribution in [0.15, 0.2) is 18.2 Å². The molecule has 3 nitrogen and oxygen atoms in total. The summed E-state index contributed by atoms with van der Waals surface area (Å²) in [5, 5.41) is 0. The van der Waals surface area contributed by atoms with Crippen LogP contribution in [-0.4, -0.2) is 9.55 Å². The SMILES string of the molecule is Cn1c(CC2CC3CCC2C3)nc2c(CN)cccc21. The minimum atomic E-state index is 0.571. The summed E-state index contributed by atoms with van der Waals surface area (Å²) < 4.78 is 2.28. The van der Waals surface area contributed by atoms with Gasteiger partial charge in [-0.2, -0.15) is 0 Å². The van der Waals surface area contributed by atoms with Gasteiger partial charge in [-0.15, -0.1) is 0 Å². The van der Waals surface area contributed by atoms with Crippen LogP contribution in [0.4, 0.5) is 0 Å². The lowest BCUT2D eigenvalue weighted by Crippen LogP contribution is -2.15. The van der Waals surface area contributed by atoms with Gasteiger partial charge in [0.2, 0.25) is 0 Å². The van der Waals surface area contributed by atoms with Crippen LogP contribution in [0.3, 0.4) is 0 Å². The summed E-state index contributed by atoms with van der Waals surface area (Å²) in [6, 6.07) is 6.34. The second kappa shape index (κ2) is 4.59. The molecule has 2 aromatic rings. The van der Waals surface area contributed by atoms with Gasteiger partial charge in [0.1, 0.15) is 5.82 Å². The average Bonchev–Trinajstić information content (AvgIpc) is 3.15. The number of hydrogen-bond acceptors (Lipinski definition) is 2. The number of para-hydroxylation sites is 1. The number of aryl methyl sites for hydroxylation is 1. The smallest absolute Gasteiger partial charge is 0.109 e. The highest BCUT2D eigenvalue weighted by Crippen LogP contribution is 2.49. The number of aromatic nitrogens is 2. The molecule has 2 N–H and O–H groups in total. The predicted molar refractivity (Wildman–Crippen MR) is 81.2 cm³/mol. The third kappa shape index (κ3) is 1.80. The second-order valence-corrected chi connectivity index (χ2v) is 6.72. The molecule has 0 aliphatic heterocycles. The number of nitrogens with zero attached hydrogens (tertiary/aromatic N) is 2. The summed E-state index contributed by atoms with van der Waals surface area (Å²) >= 11 is 0. The third-order valence-electron chi connectivity index (χ3n) is 5.64. The zero-order valence-corrected chi connectivity index (χ0v) is 12.2. The van der Waals surface area contributed by atoms with Crippen molar-refractivity contribution in [1.29, 1.82) is 0 Å². The van der Waals surface area contributed by atoms with Crippen LogP contribution < -0.4 is 5.73 Å². The van der Waals surface area contributed by atoms with Gasteiger partial charge in [0, 0.05) is 20.0 Å². The molecule has 2 aliphatic carbocycles. The Kier molecular flexibility index (Phi) is 2.84. The fraction of sp³-hybridized carbons (Fsp3) is 0.588. The zero-order chi connectivity index (χ0) is 13.7. The summed E-state index contributed by atoms with van der Waals surface area (Å²) in [7, 11) is 2.15. The Hall–Kier alpha value is -1.35. The first-order chi connectivity index (χ1) is 9.76. The van der Waals surface area contributed by atoms with E-state index in [0.29, 0.717) is 6.54 Å². The Morgan fingerprint density at radius 1 is 1.30 bits per heavy atom. The lowest BCUT2D eigenvalue weighted by atomic mass is 9.86. The van der Waals surface area contributed by atoms with Gasteiger partial charge in [0.15, 0.2) is 0 Å². The van der Waals surface area contributed by atoms with Crippen molar-refractivity contribution < 1.29 is 0 Å². The normalized spacial score (nSPS) is 28.6. The molecule has 2 aliphatic rings. The van der Waals surface area contributed by atoms with Crippen LogP contribution in [0.25, 0.3) is 11.0 Å². The van der Waals surface area contributed by atoms with E-state index in [1.54, 1.807) is 0 Å². The lowest BCUT2D eigenvalue weighted by molar-refractivity contribution is 0.325. The molecule has 1 aromatic heterocycles. The quantitative estimate of drug-likeness (QED) is 0.931. The molecular formula is C17H23N3. The molecule has 0 amide bonds. The molecule has 4 rings (SSSR count). The van der Waals surface area contributed by atoms with Crippen molar-refractivity contribution in [1.82, 2.24) is 9.55 Å². The molecule has 20 heavy (non-hydrogen) atoms. The van der Waals surface area contributed by atoms with E-state index in [4.69, 9.17) is 10.7 Å².